The molecular formula is C14H23NO11. The number of aliphatic hydroxyl groups is 6. The molecule has 150 valence electrons. The van der Waals surface area contributed by atoms with Gasteiger partial charge in [0.15, 0.2) is 18.9 Å². The average Bonchev–Trinajstić information content (AvgIpc) is 2.60. The largest absolute Gasteiger partial charge is 0.394 e. The number of ether oxygens (including phenoxy) is 3. The minimum Gasteiger partial charge on any atom is -0.394 e. The summed E-state index contributed by atoms with van der Waals surface area (Å²) in [6.45, 7) is 0.449. The zero-order chi connectivity index (χ0) is 19.6. The lowest BCUT2D eigenvalue weighted by Crippen LogP contribution is -2.67. The second-order valence-electron chi connectivity index (χ2n) is 6.14. The van der Waals surface area contributed by atoms with Gasteiger partial charge in [-0.2, -0.15) is 0 Å². The Hall–Kier alpha value is -1.22. The molecule has 2 saturated heterocycles. The third-order valence-corrected chi connectivity index (χ3v) is 4.27. The summed E-state index contributed by atoms with van der Waals surface area (Å²) in [4.78, 5) is 22.2. The van der Waals surface area contributed by atoms with Crippen LogP contribution in [0.15, 0.2) is 0 Å². The van der Waals surface area contributed by atoms with Crippen LogP contribution < -0.4 is 5.32 Å². The van der Waals surface area contributed by atoms with Gasteiger partial charge >= 0.3 is 0 Å². The summed E-state index contributed by atoms with van der Waals surface area (Å²) in [6, 6.07) is -1.31. The van der Waals surface area contributed by atoms with Crippen molar-refractivity contribution in [3.05, 3.63) is 0 Å². The molecule has 2 aliphatic rings. The maximum absolute atomic E-state index is 11.2. The van der Waals surface area contributed by atoms with Crippen molar-refractivity contribution in [1.82, 2.24) is 5.32 Å². The van der Waals surface area contributed by atoms with E-state index in [1.807, 2.05) is 0 Å². The highest BCUT2D eigenvalue weighted by Gasteiger charge is 2.50. The SMILES string of the molecule is CC(=O)N[C@H]1C(O)O[C@H](CO)[C@@H](O[C@@H]2O[C@H](C=O)[C@H](O)[C@H](O)[C@H]2O)[C@@H]1O. The molecule has 0 aliphatic carbocycles. The van der Waals surface area contributed by atoms with Crippen molar-refractivity contribution >= 4 is 12.2 Å². The maximum atomic E-state index is 11.2. The zero-order valence-electron chi connectivity index (χ0n) is 13.8. The molecular weight excluding hydrogens is 358 g/mol. The fraction of sp³-hybridized carbons (Fsp3) is 0.857. The van der Waals surface area contributed by atoms with E-state index in [9.17, 15) is 40.2 Å². The lowest BCUT2D eigenvalue weighted by Gasteiger charge is -2.45. The van der Waals surface area contributed by atoms with E-state index in [2.05, 4.69) is 5.32 Å². The summed E-state index contributed by atoms with van der Waals surface area (Å²) < 4.78 is 15.5. The number of rotatable bonds is 5. The van der Waals surface area contributed by atoms with Crippen molar-refractivity contribution < 1.29 is 54.4 Å². The van der Waals surface area contributed by atoms with Gasteiger partial charge in [-0.05, 0) is 0 Å². The van der Waals surface area contributed by atoms with E-state index in [1.54, 1.807) is 0 Å². The van der Waals surface area contributed by atoms with Crippen LogP contribution in [0.25, 0.3) is 0 Å². The number of amides is 1. The summed E-state index contributed by atoms with van der Waals surface area (Å²) in [5, 5.41) is 61.3. The molecule has 1 unspecified atom stereocenters. The Morgan fingerprint density at radius 1 is 1.08 bits per heavy atom. The summed E-state index contributed by atoms with van der Waals surface area (Å²) in [6.07, 6.45) is -14.1. The molecule has 0 aromatic heterocycles. The number of aldehydes is 1. The highest BCUT2D eigenvalue weighted by molar-refractivity contribution is 5.73. The van der Waals surface area contributed by atoms with Gasteiger partial charge in [-0.1, -0.05) is 0 Å². The van der Waals surface area contributed by atoms with E-state index in [-0.39, 0.29) is 6.29 Å². The van der Waals surface area contributed by atoms with Crippen molar-refractivity contribution in [3.8, 4) is 0 Å². The van der Waals surface area contributed by atoms with Crippen LogP contribution in [0.3, 0.4) is 0 Å². The number of carbonyl (C=O) groups excluding carboxylic acids is 2. The first-order chi connectivity index (χ1) is 12.2. The van der Waals surface area contributed by atoms with E-state index >= 15 is 0 Å². The number of hydrogen-bond acceptors (Lipinski definition) is 11. The van der Waals surface area contributed by atoms with Crippen LogP contribution in [-0.2, 0) is 23.8 Å². The van der Waals surface area contributed by atoms with Crippen LogP contribution in [0, 0.1) is 0 Å². The first kappa shape index (κ1) is 21.1. The minimum atomic E-state index is -1.78. The average molecular weight is 381 g/mol. The van der Waals surface area contributed by atoms with Crippen molar-refractivity contribution in [3.63, 3.8) is 0 Å². The van der Waals surface area contributed by atoms with E-state index in [0.717, 1.165) is 6.92 Å². The molecule has 0 aromatic carbocycles. The Balaban J connectivity index is 2.18. The quantitative estimate of drug-likeness (QED) is 0.225. The zero-order valence-corrected chi connectivity index (χ0v) is 13.8. The number of hydrogen-bond donors (Lipinski definition) is 7. The standard InChI is InChI=1S/C14H23NO11/c1-4(18)15-7-9(20)12(6(3-17)24-13(7)23)26-14-11(22)10(21)8(19)5(2-16)25-14/h2,5-14,17,19-23H,3H2,1H3,(H,15,18)/t5-,6-,7-,8+,9-,10+,11-,12-,13?,14+/m1/s1. The predicted octanol–water partition coefficient (Wildman–Crippen LogP) is -5.05. The molecule has 10 atom stereocenters. The van der Waals surface area contributed by atoms with Gasteiger partial charge in [0.1, 0.15) is 48.8 Å². The third kappa shape index (κ3) is 4.19. The highest BCUT2D eigenvalue weighted by Crippen LogP contribution is 2.28. The normalized spacial score (nSPS) is 46.6. The molecule has 0 bridgehead atoms. The second-order valence-corrected chi connectivity index (χ2v) is 6.14. The van der Waals surface area contributed by atoms with Gasteiger partial charge in [0.05, 0.1) is 6.61 Å². The third-order valence-electron chi connectivity index (χ3n) is 4.27. The molecule has 1 amide bonds. The Morgan fingerprint density at radius 2 is 1.73 bits per heavy atom. The minimum absolute atomic E-state index is 0.206. The van der Waals surface area contributed by atoms with Gasteiger partial charge < -0.3 is 55.0 Å². The lowest BCUT2D eigenvalue weighted by molar-refractivity contribution is -0.337. The predicted molar refractivity (Wildman–Crippen MR) is 79.2 cm³/mol. The number of nitrogens with one attached hydrogen (secondary N) is 1. The molecule has 0 aromatic rings. The molecule has 7 N–H and O–H groups in total. The van der Waals surface area contributed by atoms with E-state index in [1.165, 1.54) is 0 Å². The highest BCUT2D eigenvalue weighted by atomic mass is 16.7. The molecule has 0 radical (unpaired) electrons. The molecule has 26 heavy (non-hydrogen) atoms. The Kier molecular flexibility index (Phi) is 7.01. The smallest absolute Gasteiger partial charge is 0.217 e. The van der Waals surface area contributed by atoms with Crippen LogP contribution >= 0.6 is 0 Å². The molecule has 2 heterocycles. The van der Waals surface area contributed by atoms with Crippen LogP contribution in [0.1, 0.15) is 6.92 Å². The lowest BCUT2D eigenvalue weighted by atomic mass is 9.95. The van der Waals surface area contributed by atoms with Crippen molar-refractivity contribution in [1.29, 1.82) is 0 Å². The molecule has 0 spiro atoms. The molecule has 12 nitrogen and oxygen atoms in total. The number of carbonyl (C=O) groups is 2. The second kappa shape index (κ2) is 8.65. The molecule has 2 rings (SSSR count). The molecule has 12 heteroatoms. The van der Waals surface area contributed by atoms with Gasteiger partial charge in [0.2, 0.25) is 5.91 Å². The van der Waals surface area contributed by atoms with Crippen molar-refractivity contribution in [2.75, 3.05) is 6.61 Å². The molecule has 2 aliphatic heterocycles. The molecule has 2 fully saturated rings. The Morgan fingerprint density at radius 3 is 2.27 bits per heavy atom. The summed E-state index contributed by atoms with van der Waals surface area (Å²) in [5.74, 6) is -0.577. The maximum Gasteiger partial charge on any atom is 0.217 e. The molecule has 0 saturated carbocycles. The summed E-state index contributed by atoms with van der Waals surface area (Å²) in [7, 11) is 0. The van der Waals surface area contributed by atoms with Crippen molar-refractivity contribution in [2.24, 2.45) is 0 Å². The van der Waals surface area contributed by atoms with E-state index in [4.69, 9.17) is 14.2 Å². The van der Waals surface area contributed by atoms with Crippen LogP contribution in [0.4, 0.5) is 0 Å². The fourth-order valence-electron chi connectivity index (χ4n) is 2.89. The number of aliphatic hydroxyl groups excluding tert-OH is 6. The first-order valence-corrected chi connectivity index (χ1v) is 7.91. The fourth-order valence-corrected chi connectivity index (χ4v) is 2.89. The van der Waals surface area contributed by atoms with Crippen LogP contribution in [0.5, 0.6) is 0 Å². The van der Waals surface area contributed by atoms with Gasteiger partial charge in [0, 0.05) is 6.92 Å². The monoisotopic (exact) mass is 381 g/mol. The van der Waals surface area contributed by atoms with Crippen LogP contribution in [0.2, 0.25) is 0 Å². The van der Waals surface area contributed by atoms with Gasteiger partial charge in [-0.25, -0.2) is 0 Å². The van der Waals surface area contributed by atoms with Crippen LogP contribution in [-0.4, -0.2) is 111 Å². The summed E-state index contributed by atoms with van der Waals surface area (Å²) >= 11 is 0. The van der Waals surface area contributed by atoms with E-state index in [0.29, 0.717) is 0 Å². The van der Waals surface area contributed by atoms with E-state index < -0.39 is 73.9 Å². The van der Waals surface area contributed by atoms with Gasteiger partial charge in [-0.15, -0.1) is 0 Å². The Labute approximate surface area is 147 Å². The van der Waals surface area contributed by atoms with Gasteiger partial charge in [-0.3, -0.25) is 4.79 Å². The summed E-state index contributed by atoms with van der Waals surface area (Å²) in [5.41, 5.74) is 0. The topological polar surface area (TPSA) is 195 Å². The van der Waals surface area contributed by atoms with Gasteiger partial charge in [0.25, 0.3) is 0 Å². The van der Waals surface area contributed by atoms with Crippen molar-refractivity contribution in [2.45, 2.75) is 68.3 Å². The first-order valence-electron chi connectivity index (χ1n) is 7.91. The Bertz CT molecular complexity index is 505.